The van der Waals surface area contributed by atoms with Crippen LogP contribution in [0.2, 0.25) is 0 Å². The van der Waals surface area contributed by atoms with Gasteiger partial charge in [0.1, 0.15) is 5.82 Å². The number of nitrogens with zero attached hydrogens (tertiary/aromatic N) is 6. The highest BCUT2D eigenvalue weighted by Crippen LogP contribution is 2.28. The molecule has 0 unspecified atom stereocenters. The van der Waals surface area contributed by atoms with Gasteiger partial charge in [0.25, 0.3) is 0 Å². The summed E-state index contributed by atoms with van der Waals surface area (Å²) in [5.41, 5.74) is 2.28. The summed E-state index contributed by atoms with van der Waals surface area (Å²) in [5.74, 6) is 0.311. The molecule has 0 atom stereocenters. The molecular weight excluding hydrogens is 447 g/mol. The third-order valence-corrected chi connectivity index (χ3v) is 7.29. The van der Waals surface area contributed by atoms with Gasteiger partial charge in [-0.3, -0.25) is 0 Å². The van der Waals surface area contributed by atoms with Crippen LogP contribution in [0.4, 0.5) is 10.1 Å². The minimum absolute atomic E-state index is 0.0731. The standard InChI is InChI=1S/C22H25FN6O3S/c1-28(8-4-10-32-2)33(30,31)19-12-17(23)11-18(13-19)29-9-5-20-16(15-29)14-26-22(27-20)21-24-6-3-7-25-21/h3,6-7,11-14H,4-5,8-10,15H2,1-2H3. The summed E-state index contributed by atoms with van der Waals surface area (Å²) in [6.07, 6.45) is 6.15. The SMILES string of the molecule is COCCCN(C)S(=O)(=O)c1cc(F)cc(N2CCc3nc(-c4ncccn4)ncc3C2)c1. The van der Waals surface area contributed by atoms with Gasteiger partial charge in [-0.05, 0) is 30.7 Å². The van der Waals surface area contributed by atoms with Crippen molar-refractivity contribution < 1.29 is 17.5 Å². The Morgan fingerprint density at radius 3 is 2.70 bits per heavy atom. The van der Waals surface area contributed by atoms with Gasteiger partial charge >= 0.3 is 0 Å². The van der Waals surface area contributed by atoms with Gasteiger partial charge < -0.3 is 9.64 Å². The quantitative estimate of drug-likeness (QED) is 0.460. The van der Waals surface area contributed by atoms with Gasteiger partial charge in [-0.2, -0.15) is 0 Å². The molecule has 11 heteroatoms. The zero-order valence-corrected chi connectivity index (χ0v) is 19.3. The average molecular weight is 473 g/mol. The third kappa shape index (κ3) is 5.15. The fraction of sp³-hybridized carbons (Fsp3) is 0.364. The molecule has 2 aromatic heterocycles. The summed E-state index contributed by atoms with van der Waals surface area (Å²) in [6.45, 7) is 1.73. The van der Waals surface area contributed by atoms with E-state index in [1.165, 1.54) is 23.5 Å². The van der Waals surface area contributed by atoms with Gasteiger partial charge in [0.15, 0.2) is 11.6 Å². The lowest BCUT2D eigenvalue weighted by Gasteiger charge is -2.30. The molecule has 3 heterocycles. The number of benzene rings is 1. The first-order valence-electron chi connectivity index (χ1n) is 10.5. The van der Waals surface area contributed by atoms with Gasteiger partial charge in [-0.1, -0.05) is 0 Å². The fourth-order valence-electron chi connectivity index (χ4n) is 3.67. The molecule has 4 rings (SSSR count). The van der Waals surface area contributed by atoms with Crippen molar-refractivity contribution in [2.45, 2.75) is 24.3 Å². The van der Waals surface area contributed by atoms with Crippen molar-refractivity contribution in [3.8, 4) is 11.6 Å². The van der Waals surface area contributed by atoms with Crippen molar-refractivity contribution in [3.63, 3.8) is 0 Å². The van der Waals surface area contributed by atoms with Crippen LogP contribution < -0.4 is 4.90 Å². The van der Waals surface area contributed by atoms with Crippen LogP contribution in [0.25, 0.3) is 11.6 Å². The Labute approximate surface area is 192 Å². The topological polar surface area (TPSA) is 101 Å². The fourth-order valence-corrected chi connectivity index (χ4v) is 4.93. The summed E-state index contributed by atoms with van der Waals surface area (Å²) in [4.78, 5) is 19.2. The van der Waals surface area contributed by atoms with Crippen LogP contribution in [0, 0.1) is 5.82 Å². The molecule has 33 heavy (non-hydrogen) atoms. The maximum absolute atomic E-state index is 14.5. The number of hydrogen-bond acceptors (Lipinski definition) is 8. The van der Waals surface area contributed by atoms with Crippen molar-refractivity contribution in [2.24, 2.45) is 0 Å². The van der Waals surface area contributed by atoms with E-state index >= 15 is 0 Å². The highest BCUT2D eigenvalue weighted by molar-refractivity contribution is 7.89. The van der Waals surface area contributed by atoms with E-state index in [1.807, 2.05) is 4.90 Å². The summed E-state index contributed by atoms with van der Waals surface area (Å²) >= 11 is 0. The molecule has 1 aliphatic heterocycles. The second kappa shape index (κ2) is 9.86. The number of methoxy groups -OCH3 is 1. The molecule has 0 amide bonds. The Hall–Kier alpha value is -3.02. The number of halogens is 1. The monoisotopic (exact) mass is 472 g/mol. The van der Waals surface area contributed by atoms with Gasteiger partial charge in [-0.15, -0.1) is 0 Å². The Balaban J connectivity index is 1.55. The van der Waals surface area contributed by atoms with Gasteiger partial charge in [0.05, 0.1) is 10.6 Å². The number of ether oxygens (including phenoxy) is 1. The largest absolute Gasteiger partial charge is 0.385 e. The Bertz CT molecular complexity index is 1230. The maximum atomic E-state index is 14.5. The van der Waals surface area contributed by atoms with Crippen molar-refractivity contribution in [1.29, 1.82) is 0 Å². The molecule has 9 nitrogen and oxygen atoms in total. The van der Waals surface area contributed by atoms with E-state index in [0.717, 1.165) is 17.3 Å². The molecule has 0 spiro atoms. The van der Waals surface area contributed by atoms with E-state index in [0.29, 0.717) is 49.9 Å². The first-order chi connectivity index (χ1) is 15.9. The number of rotatable bonds is 8. The van der Waals surface area contributed by atoms with Crippen molar-refractivity contribution in [1.82, 2.24) is 24.2 Å². The van der Waals surface area contributed by atoms with E-state index in [1.54, 1.807) is 31.8 Å². The normalized spacial score (nSPS) is 13.9. The summed E-state index contributed by atoms with van der Waals surface area (Å²) in [7, 11) is -0.782. The van der Waals surface area contributed by atoms with Gasteiger partial charge in [-0.25, -0.2) is 37.0 Å². The Kier molecular flexibility index (Phi) is 6.91. The third-order valence-electron chi connectivity index (χ3n) is 5.45. The van der Waals surface area contributed by atoms with Crippen LogP contribution in [-0.2, 0) is 27.7 Å². The van der Waals surface area contributed by atoms with E-state index in [-0.39, 0.29) is 11.4 Å². The van der Waals surface area contributed by atoms with Gasteiger partial charge in [0, 0.05) is 76.7 Å². The van der Waals surface area contributed by atoms with Crippen molar-refractivity contribution >= 4 is 15.7 Å². The van der Waals surface area contributed by atoms with Crippen LogP contribution in [-0.4, -0.2) is 66.5 Å². The minimum atomic E-state index is -3.83. The van der Waals surface area contributed by atoms with Crippen LogP contribution >= 0.6 is 0 Å². The molecular formula is C22H25FN6O3S. The van der Waals surface area contributed by atoms with E-state index in [9.17, 15) is 12.8 Å². The van der Waals surface area contributed by atoms with Crippen molar-refractivity contribution in [2.75, 3.05) is 38.8 Å². The predicted octanol–water partition coefficient (Wildman–Crippen LogP) is 2.29. The molecule has 0 saturated carbocycles. The smallest absolute Gasteiger partial charge is 0.242 e. The molecule has 0 radical (unpaired) electrons. The highest BCUT2D eigenvalue weighted by Gasteiger charge is 2.25. The number of fused-ring (bicyclic) bond motifs is 1. The molecule has 1 aromatic carbocycles. The van der Waals surface area contributed by atoms with Crippen LogP contribution in [0.3, 0.4) is 0 Å². The maximum Gasteiger partial charge on any atom is 0.242 e. The van der Waals surface area contributed by atoms with E-state index in [4.69, 9.17) is 4.74 Å². The average Bonchev–Trinajstić information content (AvgIpc) is 2.83. The lowest BCUT2D eigenvalue weighted by Crippen LogP contribution is -2.32. The van der Waals surface area contributed by atoms with Crippen LogP contribution in [0.15, 0.2) is 47.8 Å². The van der Waals surface area contributed by atoms with Crippen LogP contribution in [0.1, 0.15) is 17.7 Å². The minimum Gasteiger partial charge on any atom is -0.385 e. The second-order valence-electron chi connectivity index (χ2n) is 7.73. The molecule has 0 fully saturated rings. The number of hydrogen-bond donors (Lipinski definition) is 0. The second-order valence-corrected chi connectivity index (χ2v) is 9.77. The molecule has 1 aliphatic rings. The number of aromatic nitrogens is 4. The molecule has 0 N–H and O–H groups in total. The zero-order valence-electron chi connectivity index (χ0n) is 18.5. The van der Waals surface area contributed by atoms with Crippen molar-refractivity contribution in [3.05, 3.63) is 59.9 Å². The molecule has 0 aliphatic carbocycles. The summed E-state index contributed by atoms with van der Waals surface area (Å²) < 4.78 is 46.6. The van der Waals surface area contributed by atoms with E-state index < -0.39 is 15.8 Å². The molecule has 3 aromatic rings. The van der Waals surface area contributed by atoms with Crippen LogP contribution in [0.5, 0.6) is 0 Å². The zero-order chi connectivity index (χ0) is 23.4. The molecule has 0 saturated heterocycles. The summed E-state index contributed by atoms with van der Waals surface area (Å²) in [5, 5.41) is 0. The lowest BCUT2D eigenvalue weighted by molar-refractivity contribution is 0.189. The molecule has 174 valence electrons. The predicted molar refractivity (Wildman–Crippen MR) is 121 cm³/mol. The Morgan fingerprint density at radius 2 is 1.94 bits per heavy atom. The number of anilines is 1. The lowest BCUT2D eigenvalue weighted by atomic mass is 10.1. The highest BCUT2D eigenvalue weighted by atomic mass is 32.2. The van der Waals surface area contributed by atoms with E-state index in [2.05, 4.69) is 19.9 Å². The first-order valence-corrected chi connectivity index (χ1v) is 12.0. The molecule has 0 bridgehead atoms. The van der Waals surface area contributed by atoms with Gasteiger partial charge in [0.2, 0.25) is 10.0 Å². The first kappa shape index (κ1) is 23.1. The summed E-state index contributed by atoms with van der Waals surface area (Å²) in [6, 6.07) is 5.65. The Morgan fingerprint density at radius 1 is 1.15 bits per heavy atom. The number of sulfonamides is 1.